The molecule has 176 valence electrons. The number of benzene rings is 4. The van der Waals surface area contributed by atoms with Crippen molar-refractivity contribution in [1.82, 2.24) is 4.98 Å². The maximum absolute atomic E-state index is 13.8. The topological polar surface area (TPSA) is 48.7 Å². The number of anilines is 1. The van der Waals surface area contributed by atoms with Crippen molar-refractivity contribution in [3.63, 3.8) is 0 Å². The Hall–Kier alpha value is -4.63. The highest BCUT2D eigenvalue weighted by Gasteiger charge is 2.33. The van der Waals surface area contributed by atoms with Gasteiger partial charge >= 0.3 is 6.18 Å². The molecule has 1 heterocycles. The zero-order valence-electron chi connectivity index (χ0n) is 19.1. The van der Waals surface area contributed by atoms with Crippen molar-refractivity contribution in [2.45, 2.75) is 12.7 Å². The van der Waals surface area contributed by atoms with Gasteiger partial charge in [0.05, 0.1) is 22.7 Å². The first-order valence-corrected chi connectivity index (χ1v) is 11.3. The third-order valence-electron chi connectivity index (χ3n) is 5.99. The molecule has 5 rings (SSSR count). The Balaban J connectivity index is 1.63. The molecular formula is C30H20F3N3. The van der Waals surface area contributed by atoms with Crippen LogP contribution in [0.2, 0.25) is 0 Å². The van der Waals surface area contributed by atoms with Gasteiger partial charge in [-0.3, -0.25) is 4.98 Å². The summed E-state index contributed by atoms with van der Waals surface area (Å²) >= 11 is 0. The molecule has 6 heteroatoms. The van der Waals surface area contributed by atoms with Crippen LogP contribution in [0.5, 0.6) is 0 Å². The molecule has 0 fully saturated rings. The van der Waals surface area contributed by atoms with Gasteiger partial charge in [-0.2, -0.15) is 18.4 Å². The van der Waals surface area contributed by atoms with E-state index in [0.717, 1.165) is 34.0 Å². The molecule has 0 spiro atoms. The number of pyridine rings is 1. The number of halogens is 3. The number of nitrogens with zero attached hydrogens (tertiary/aromatic N) is 2. The van der Waals surface area contributed by atoms with Crippen LogP contribution in [0, 0.1) is 11.3 Å². The molecular weight excluding hydrogens is 459 g/mol. The minimum Gasteiger partial charge on any atom is -0.381 e. The summed E-state index contributed by atoms with van der Waals surface area (Å²) in [5.41, 5.74) is 4.59. The Morgan fingerprint density at radius 1 is 0.806 bits per heavy atom. The van der Waals surface area contributed by atoms with Gasteiger partial charge in [0.25, 0.3) is 0 Å². The Labute approximate surface area is 206 Å². The molecule has 0 aliphatic heterocycles. The summed E-state index contributed by atoms with van der Waals surface area (Å²) in [6.45, 7) is 0.500. The lowest BCUT2D eigenvalue weighted by atomic mass is 9.91. The van der Waals surface area contributed by atoms with Gasteiger partial charge in [0.1, 0.15) is 0 Å². The van der Waals surface area contributed by atoms with Crippen LogP contribution in [0.15, 0.2) is 103 Å². The van der Waals surface area contributed by atoms with Gasteiger partial charge in [-0.1, -0.05) is 66.7 Å². The van der Waals surface area contributed by atoms with E-state index in [2.05, 4.69) is 16.4 Å². The monoisotopic (exact) mass is 479 g/mol. The van der Waals surface area contributed by atoms with Gasteiger partial charge in [-0.15, -0.1) is 0 Å². The number of alkyl halides is 3. The number of fused-ring (bicyclic) bond motifs is 1. The number of nitriles is 1. The average molecular weight is 480 g/mol. The van der Waals surface area contributed by atoms with Crippen molar-refractivity contribution in [2.75, 3.05) is 5.32 Å². The van der Waals surface area contributed by atoms with Crippen molar-refractivity contribution < 1.29 is 13.2 Å². The van der Waals surface area contributed by atoms with E-state index in [9.17, 15) is 13.2 Å². The smallest absolute Gasteiger partial charge is 0.381 e. The highest BCUT2D eigenvalue weighted by atomic mass is 19.4. The molecule has 0 unspecified atom stereocenters. The van der Waals surface area contributed by atoms with Crippen molar-refractivity contribution in [3.8, 4) is 28.3 Å². The van der Waals surface area contributed by atoms with Crippen molar-refractivity contribution in [3.05, 3.63) is 120 Å². The second-order valence-corrected chi connectivity index (χ2v) is 8.36. The summed E-state index contributed by atoms with van der Waals surface area (Å²) in [5, 5.41) is 12.9. The van der Waals surface area contributed by atoms with E-state index in [1.165, 1.54) is 12.3 Å². The summed E-state index contributed by atoms with van der Waals surface area (Å²) in [5.74, 6) is 0. The molecule has 4 aromatic carbocycles. The fourth-order valence-electron chi connectivity index (χ4n) is 4.34. The number of para-hydroxylation sites is 1. The molecule has 0 aliphatic carbocycles. The molecule has 0 bridgehead atoms. The zero-order chi connectivity index (χ0) is 25.1. The second-order valence-electron chi connectivity index (χ2n) is 8.36. The van der Waals surface area contributed by atoms with Crippen molar-refractivity contribution in [1.29, 1.82) is 5.26 Å². The lowest BCUT2D eigenvalue weighted by molar-refractivity contribution is -0.136. The first-order valence-electron chi connectivity index (χ1n) is 11.3. The van der Waals surface area contributed by atoms with Crippen LogP contribution in [0.4, 0.5) is 18.9 Å². The van der Waals surface area contributed by atoms with Crippen LogP contribution in [-0.4, -0.2) is 4.98 Å². The van der Waals surface area contributed by atoms with E-state index in [1.54, 1.807) is 12.1 Å². The molecule has 36 heavy (non-hydrogen) atoms. The van der Waals surface area contributed by atoms with E-state index < -0.39 is 11.7 Å². The largest absolute Gasteiger partial charge is 0.418 e. The molecule has 0 atom stereocenters. The lowest BCUT2D eigenvalue weighted by Crippen LogP contribution is -2.07. The number of hydrogen-bond donors (Lipinski definition) is 1. The number of aromatic nitrogens is 1. The van der Waals surface area contributed by atoms with Crippen LogP contribution >= 0.6 is 0 Å². The quantitative estimate of drug-likeness (QED) is 0.277. The summed E-state index contributed by atoms with van der Waals surface area (Å²) in [4.78, 5) is 4.26. The average Bonchev–Trinajstić information content (AvgIpc) is 2.91. The first-order chi connectivity index (χ1) is 17.4. The predicted octanol–water partition coefficient (Wildman–Crippen LogP) is 8.07. The van der Waals surface area contributed by atoms with E-state index >= 15 is 0 Å². The fraction of sp³-hybridized carbons (Fsp3) is 0.0667. The van der Waals surface area contributed by atoms with Crippen LogP contribution in [0.25, 0.3) is 33.2 Å². The normalized spacial score (nSPS) is 11.3. The maximum Gasteiger partial charge on any atom is 0.418 e. The molecule has 0 amide bonds. The summed E-state index contributed by atoms with van der Waals surface area (Å²) in [6.07, 6.45) is -2.99. The molecule has 3 nitrogen and oxygen atoms in total. The molecule has 1 aromatic heterocycles. The van der Waals surface area contributed by atoms with Gasteiger partial charge in [0.2, 0.25) is 0 Å². The van der Waals surface area contributed by atoms with Gasteiger partial charge in [-0.25, -0.2) is 0 Å². The maximum atomic E-state index is 13.8. The second kappa shape index (κ2) is 9.55. The van der Waals surface area contributed by atoms with Crippen molar-refractivity contribution in [2.24, 2.45) is 0 Å². The summed E-state index contributed by atoms with van der Waals surface area (Å²) in [7, 11) is 0. The van der Waals surface area contributed by atoms with E-state index in [-0.39, 0.29) is 5.52 Å². The van der Waals surface area contributed by atoms with E-state index in [4.69, 9.17) is 5.26 Å². The van der Waals surface area contributed by atoms with E-state index in [0.29, 0.717) is 23.1 Å². The minimum atomic E-state index is -4.51. The summed E-state index contributed by atoms with van der Waals surface area (Å²) in [6, 6.07) is 30.8. The third-order valence-corrected chi connectivity index (χ3v) is 5.99. The molecule has 5 aromatic rings. The number of nitrogens with one attached hydrogen (secondary N) is 1. The Morgan fingerprint density at radius 2 is 1.56 bits per heavy atom. The minimum absolute atomic E-state index is 0.0774. The SMILES string of the molecule is N#Cc1cccc(CNc2cccc(-c3c(-c4ccccc4)cnc4c(C(F)(F)F)cccc34)c2)c1. The fourth-order valence-corrected chi connectivity index (χ4v) is 4.34. The van der Waals surface area contributed by atoms with Crippen LogP contribution in [0.3, 0.4) is 0 Å². The summed E-state index contributed by atoms with van der Waals surface area (Å²) < 4.78 is 41.4. The van der Waals surface area contributed by atoms with Gasteiger partial charge < -0.3 is 5.32 Å². The first kappa shape index (κ1) is 23.1. The Bertz CT molecular complexity index is 1590. The standard InChI is InChI=1S/C30H20F3N3/c31-30(32,33)27-14-6-13-25-28(26(19-36-29(25)27)22-9-2-1-3-10-22)23-11-5-12-24(16-23)35-18-21-8-4-7-20(15-21)17-34/h1-16,19,35H,18H2. The van der Waals surface area contributed by atoms with Crippen LogP contribution in [-0.2, 0) is 12.7 Å². The van der Waals surface area contributed by atoms with Crippen LogP contribution in [0.1, 0.15) is 16.7 Å². The lowest BCUT2D eigenvalue weighted by Gasteiger charge is -2.17. The van der Waals surface area contributed by atoms with Crippen LogP contribution < -0.4 is 5.32 Å². The molecule has 0 saturated carbocycles. The molecule has 0 aliphatic rings. The Kier molecular flexibility index (Phi) is 6.14. The zero-order valence-corrected chi connectivity index (χ0v) is 19.1. The highest BCUT2D eigenvalue weighted by Crippen LogP contribution is 2.41. The number of rotatable bonds is 5. The third kappa shape index (κ3) is 4.64. The molecule has 0 radical (unpaired) electrons. The van der Waals surface area contributed by atoms with E-state index in [1.807, 2.05) is 72.8 Å². The number of hydrogen-bond acceptors (Lipinski definition) is 3. The van der Waals surface area contributed by atoms with Crippen molar-refractivity contribution >= 4 is 16.6 Å². The molecule has 0 saturated heterocycles. The van der Waals surface area contributed by atoms with Gasteiger partial charge in [0.15, 0.2) is 0 Å². The highest BCUT2D eigenvalue weighted by molar-refractivity contribution is 6.03. The van der Waals surface area contributed by atoms with Gasteiger partial charge in [0, 0.05) is 34.9 Å². The predicted molar refractivity (Wildman–Crippen MR) is 136 cm³/mol. The Morgan fingerprint density at radius 3 is 2.33 bits per heavy atom. The molecule has 1 N–H and O–H groups in total. The van der Waals surface area contributed by atoms with Gasteiger partial charge in [-0.05, 0) is 47.0 Å².